The van der Waals surface area contributed by atoms with Gasteiger partial charge in [-0.15, -0.1) is 0 Å². The van der Waals surface area contributed by atoms with Gasteiger partial charge in [-0.3, -0.25) is 18.7 Å². The molecule has 0 spiro atoms. The van der Waals surface area contributed by atoms with Crippen LogP contribution in [0.1, 0.15) is 11.1 Å². The monoisotopic (exact) mass is 442 g/mol. The second kappa shape index (κ2) is 8.60. The van der Waals surface area contributed by atoms with Crippen molar-refractivity contribution in [2.45, 2.75) is 19.6 Å². The van der Waals surface area contributed by atoms with Gasteiger partial charge < -0.3 is 5.32 Å². The number of hydrogen-bond donors (Lipinski definition) is 1. The first-order valence-corrected chi connectivity index (χ1v) is 10.1. The Morgan fingerprint density at radius 2 is 1.77 bits per heavy atom. The minimum atomic E-state index is -0.738. The molecule has 0 unspecified atom stereocenters. The maximum atomic E-state index is 14.1. The van der Waals surface area contributed by atoms with Gasteiger partial charge in [0.15, 0.2) is 5.52 Å². The summed E-state index contributed by atoms with van der Waals surface area (Å²) >= 11 is 0.982. The molecule has 31 heavy (non-hydrogen) atoms. The highest BCUT2D eigenvalue weighted by Gasteiger charge is 2.18. The summed E-state index contributed by atoms with van der Waals surface area (Å²) < 4.78 is 33.1. The van der Waals surface area contributed by atoms with E-state index in [1.54, 1.807) is 6.07 Å². The van der Waals surface area contributed by atoms with Crippen LogP contribution in [0.15, 0.2) is 63.5 Å². The van der Waals surface area contributed by atoms with Crippen molar-refractivity contribution in [3.8, 4) is 0 Å². The molecule has 0 radical (unpaired) electrons. The first-order valence-electron chi connectivity index (χ1n) is 9.26. The van der Waals surface area contributed by atoms with E-state index in [4.69, 9.17) is 0 Å². The van der Waals surface area contributed by atoms with Crippen molar-refractivity contribution in [3.63, 3.8) is 0 Å². The Hall–Kier alpha value is -3.66. The van der Waals surface area contributed by atoms with Crippen LogP contribution in [-0.2, 0) is 24.4 Å². The number of fused-ring (bicyclic) bond motifs is 1. The minimum absolute atomic E-state index is 0.0345. The van der Waals surface area contributed by atoms with Crippen LogP contribution in [0.25, 0.3) is 11.0 Å². The van der Waals surface area contributed by atoms with E-state index < -0.39 is 23.0 Å². The van der Waals surface area contributed by atoms with Crippen LogP contribution in [0.5, 0.6) is 0 Å². The fraction of sp³-hybridized carbons (Fsp3) is 0.143. The van der Waals surface area contributed by atoms with Crippen molar-refractivity contribution in [3.05, 3.63) is 97.5 Å². The zero-order chi connectivity index (χ0) is 22.0. The normalized spacial score (nSPS) is 11.0. The first kappa shape index (κ1) is 20.6. The van der Waals surface area contributed by atoms with Crippen LogP contribution in [0, 0.1) is 11.6 Å². The molecule has 0 aliphatic carbocycles. The highest BCUT2D eigenvalue weighted by Crippen LogP contribution is 2.11. The molecule has 2 aromatic carbocycles. The van der Waals surface area contributed by atoms with E-state index in [1.807, 2.05) is 0 Å². The van der Waals surface area contributed by atoms with Crippen LogP contribution in [0.3, 0.4) is 0 Å². The fourth-order valence-corrected chi connectivity index (χ4v) is 3.80. The summed E-state index contributed by atoms with van der Waals surface area (Å²) in [6, 6.07) is 11.5. The molecule has 0 saturated carbocycles. The lowest BCUT2D eigenvalue weighted by molar-refractivity contribution is -0.121. The highest BCUT2D eigenvalue weighted by atomic mass is 32.1. The minimum Gasteiger partial charge on any atom is -0.350 e. The van der Waals surface area contributed by atoms with Gasteiger partial charge in [0, 0.05) is 17.5 Å². The van der Waals surface area contributed by atoms with Gasteiger partial charge in [-0.2, -0.15) is 4.37 Å². The molecule has 7 nitrogen and oxygen atoms in total. The van der Waals surface area contributed by atoms with Gasteiger partial charge >= 0.3 is 5.69 Å². The Labute approximate surface area is 178 Å². The van der Waals surface area contributed by atoms with Crippen molar-refractivity contribution in [1.82, 2.24) is 18.8 Å². The Morgan fingerprint density at radius 3 is 2.52 bits per heavy atom. The number of aromatic nitrogens is 3. The quantitative estimate of drug-likeness (QED) is 0.496. The zero-order valence-corrected chi connectivity index (χ0v) is 16.9. The van der Waals surface area contributed by atoms with Crippen molar-refractivity contribution in [2.75, 3.05) is 0 Å². The van der Waals surface area contributed by atoms with E-state index in [2.05, 4.69) is 9.69 Å². The summed E-state index contributed by atoms with van der Waals surface area (Å²) in [5.74, 6) is -1.41. The lowest BCUT2D eigenvalue weighted by Crippen LogP contribution is -2.42. The highest BCUT2D eigenvalue weighted by molar-refractivity contribution is 7.04. The number of amides is 1. The lowest BCUT2D eigenvalue weighted by atomic mass is 10.2. The first-order chi connectivity index (χ1) is 14.9. The summed E-state index contributed by atoms with van der Waals surface area (Å²) in [5, 5.41) is 4.17. The predicted octanol–water partition coefficient (Wildman–Crippen LogP) is 2.26. The fourth-order valence-electron chi connectivity index (χ4n) is 3.13. The predicted molar refractivity (Wildman–Crippen MR) is 112 cm³/mol. The smallest absolute Gasteiger partial charge is 0.332 e. The number of carbonyl (C=O) groups excluding carboxylic acids is 1. The number of halogens is 2. The van der Waals surface area contributed by atoms with E-state index in [0.29, 0.717) is 5.56 Å². The van der Waals surface area contributed by atoms with E-state index >= 15 is 0 Å². The van der Waals surface area contributed by atoms with Gasteiger partial charge in [-0.05, 0) is 35.3 Å². The molecule has 10 heteroatoms. The molecule has 1 N–H and O–H groups in total. The number of nitrogens with one attached hydrogen (secondary N) is 1. The average molecular weight is 442 g/mol. The molecule has 4 rings (SSSR count). The van der Waals surface area contributed by atoms with Crippen LogP contribution >= 0.6 is 11.5 Å². The topological polar surface area (TPSA) is 86.0 Å². The Kier molecular flexibility index (Phi) is 5.72. The Morgan fingerprint density at radius 1 is 1.03 bits per heavy atom. The molecule has 158 valence electrons. The van der Waals surface area contributed by atoms with Gasteiger partial charge in [-0.25, -0.2) is 13.6 Å². The van der Waals surface area contributed by atoms with Gasteiger partial charge in [0.2, 0.25) is 5.91 Å². The summed E-state index contributed by atoms with van der Waals surface area (Å²) in [6.45, 7) is -0.491. The third kappa shape index (κ3) is 4.29. The van der Waals surface area contributed by atoms with Gasteiger partial charge in [0.05, 0.1) is 12.1 Å². The standard InChI is InChI=1S/C21H16F2N4O3S/c22-15-7-5-13(6-8-15)9-24-18(28)11-26-17-12-31-25-19(17)20(29)27(21(26)30)10-14-3-1-2-4-16(14)23/h1-8,12H,9-11H2,(H,24,28). The van der Waals surface area contributed by atoms with E-state index in [9.17, 15) is 23.2 Å². The number of rotatable bonds is 6. The molecule has 0 bridgehead atoms. The second-order valence-corrected chi connectivity index (χ2v) is 7.43. The second-order valence-electron chi connectivity index (χ2n) is 6.80. The molecular formula is C21H16F2N4O3S. The van der Waals surface area contributed by atoms with Crippen molar-refractivity contribution in [1.29, 1.82) is 0 Å². The van der Waals surface area contributed by atoms with E-state index in [-0.39, 0.29) is 42.0 Å². The third-order valence-corrected chi connectivity index (χ3v) is 5.36. The molecule has 0 atom stereocenters. The SMILES string of the molecule is O=C(Cn1c(=O)n(Cc2ccccc2F)c(=O)c2nscc21)NCc1ccc(F)cc1. The molecular weight excluding hydrogens is 426 g/mol. The molecule has 0 aliphatic heterocycles. The van der Waals surface area contributed by atoms with Crippen LogP contribution in [-0.4, -0.2) is 19.4 Å². The van der Waals surface area contributed by atoms with Crippen molar-refractivity contribution < 1.29 is 13.6 Å². The molecule has 0 fully saturated rings. The zero-order valence-electron chi connectivity index (χ0n) is 16.0. The summed E-state index contributed by atoms with van der Waals surface area (Å²) in [5.41, 5.74) is -0.253. The lowest BCUT2D eigenvalue weighted by Gasteiger charge is -2.12. The summed E-state index contributed by atoms with van der Waals surface area (Å²) in [4.78, 5) is 38.2. The summed E-state index contributed by atoms with van der Waals surface area (Å²) in [6.07, 6.45) is 0. The Bertz CT molecular complexity index is 1380. The molecule has 0 saturated heterocycles. The number of nitrogens with zero attached hydrogens (tertiary/aromatic N) is 3. The average Bonchev–Trinajstić information content (AvgIpc) is 3.25. The van der Waals surface area contributed by atoms with Crippen LogP contribution in [0.4, 0.5) is 8.78 Å². The third-order valence-electron chi connectivity index (χ3n) is 4.74. The maximum Gasteiger partial charge on any atom is 0.332 e. The number of hydrogen-bond acceptors (Lipinski definition) is 5. The van der Waals surface area contributed by atoms with Crippen molar-refractivity contribution >= 4 is 28.5 Å². The Balaban J connectivity index is 1.64. The largest absolute Gasteiger partial charge is 0.350 e. The van der Waals surface area contributed by atoms with E-state index in [1.165, 1.54) is 47.8 Å². The van der Waals surface area contributed by atoms with Crippen LogP contribution < -0.4 is 16.6 Å². The summed E-state index contributed by atoms with van der Waals surface area (Å²) in [7, 11) is 0. The maximum absolute atomic E-state index is 14.1. The number of carbonyl (C=O) groups is 1. The molecule has 2 aromatic heterocycles. The molecule has 0 aliphatic rings. The van der Waals surface area contributed by atoms with Crippen LogP contribution in [0.2, 0.25) is 0 Å². The molecule has 2 heterocycles. The van der Waals surface area contributed by atoms with Crippen molar-refractivity contribution in [2.24, 2.45) is 0 Å². The van der Waals surface area contributed by atoms with E-state index in [0.717, 1.165) is 20.7 Å². The van der Waals surface area contributed by atoms with Gasteiger partial charge in [0.25, 0.3) is 5.56 Å². The molecule has 1 amide bonds. The van der Waals surface area contributed by atoms with Gasteiger partial charge in [-0.1, -0.05) is 30.3 Å². The molecule has 4 aromatic rings. The number of benzene rings is 2. The van der Waals surface area contributed by atoms with Gasteiger partial charge in [0.1, 0.15) is 18.2 Å².